The number of nitrogens with zero attached hydrogens (tertiary/aromatic N) is 3. The van der Waals surface area contributed by atoms with Crippen LogP contribution in [-0.2, 0) is 11.3 Å². The summed E-state index contributed by atoms with van der Waals surface area (Å²) in [5.74, 6) is -0.279. The van der Waals surface area contributed by atoms with E-state index in [1.54, 1.807) is 29.1 Å². The molecular weight excluding hydrogens is 439 g/mol. The molecule has 0 aliphatic carbocycles. The average Bonchev–Trinajstić information content (AvgIpc) is 3.02. The van der Waals surface area contributed by atoms with Gasteiger partial charge >= 0.3 is 0 Å². The standard InChI is InChI=1S/C19H13Cl3N4O3/c20-15-6-4-13(9-16(15)21)10-25-11-17(22)19(24-25)23-18(27)7-5-12-2-1-3-14(8-12)26(28)29/h1-9,11H,10H2,(H,23,24,27)/b7-5+. The minimum atomic E-state index is -0.502. The first-order chi connectivity index (χ1) is 13.8. The lowest BCUT2D eigenvalue weighted by molar-refractivity contribution is -0.384. The molecule has 0 fully saturated rings. The molecule has 0 unspecified atom stereocenters. The largest absolute Gasteiger partial charge is 0.304 e. The lowest BCUT2D eigenvalue weighted by Crippen LogP contribution is -2.09. The maximum Gasteiger partial charge on any atom is 0.270 e. The van der Waals surface area contributed by atoms with Gasteiger partial charge in [0.2, 0.25) is 5.91 Å². The quantitative estimate of drug-likeness (QED) is 0.306. The zero-order valence-corrected chi connectivity index (χ0v) is 16.9. The van der Waals surface area contributed by atoms with Gasteiger partial charge in [0, 0.05) is 24.4 Å². The van der Waals surface area contributed by atoms with Crippen molar-refractivity contribution in [2.24, 2.45) is 0 Å². The minimum Gasteiger partial charge on any atom is -0.304 e. The summed E-state index contributed by atoms with van der Waals surface area (Å²) < 4.78 is 1.56. The van der Waals surface area contributed by atoms with Gasteiger partial charge in [-0.25, -0.2) is 0 Å². The van der Waals surface area contributed by atoms with E-state index < -0.39 is 10.8 Å². The third-order valence-corrected chi connectivity index (χ3v) is 4.81. The second kappa shape index (κ2) is 9.09. The van der Waals surface area contributed by atoms with E-state index in [-0.39, 0.29) is 16.5 Å². The van der Waals surface area contributed by atoms with Crippen molar-refractivity contribution in [3.8, 4) is 0 Å². The number of hydrogen-bond acceptors (Lipinski definition) is 4. The van der Waals surface area contributed by atoms with Crippen LogP contribution in [0.4, 0.5) is 11.5 Å². The molecule has 0 saturated carbocycles. The Labute approximate surface area is 180 Å². The number of carbonyl (C=O) groups excluding carboxylic acids is 1. The van der Waals surface area contributed by atoms with E-state index in [1.165, 1.54) is 30.4 Å². The molecule has 3 aromatic rings. The maximum atomic E-state index is 12.1. The van der Waals surface area contributed by atoms with E-state index >= 15 is 0 Å². The number of hydrogen-bond donors (Lipinski definition) is 1. The molecule has 1 N–H and O–H groups in total. The van der Waals surface area contributed by atoms with Crippen LogP contribution in [0.5, 0.6) is 0 Å². The molecule has 0 radical (unpaired) electrons. The summed E-state index contributed by atoms with van der Waals surface area (Å²) in [6, 6.07) is 11.1. The summed E-state index contributed by atoms with van der Waals surface area (Å²) in [6.07, 6.45) is 4.28. The van der Waals surface area contributed by atoms with Crippen molar-refractivity contribution in [2.75, 3.05) is 5.32 Å². The molecule has 1 aromatic heterocycles. The Kier molecular flexibility index (Phi) is 6.53. The van der Waals surface area contributed by atoms with Gasteiger partial charge in [-0.3, -0.25) is 19.6 Å². The number of nitro benzene ring substituents is 1. The third kappa shape index (κ3) is 5.57. The summed E-state index contributed by atoms with van der Waals surface area (Å²) in [5.41, 5.74) is 1.32. The molecule has 0 aliphatic rings. The van der Waals surface area contributed by atoms with Gasteiger partial charge in [0.05, 0.1) is 21.5 Å². The van der Waals surface area contributed by atoms with Gasteiger partial charge in [-0.05, 0) is 29.3 Å². The molecule has 3 rings (SSSR count). The smallest absolute Gasteiger partial charge is 0.270 e. The van der Waals surface area contributed by atoms with Gasteiger partial charge in [-0.1, -0.05) is 53.0 Å². The molecule has 0 aliphatic heterocycles. The van der Waals surface area contributed by atoms with Gasteiger partial charge in [-0.2, -0.15) is 5.10 Å². The Morgan fingerprint density at radius 1 is 1.14 bits per heavy atom. The van der Waals surface area contributed by atoms with Gasteiger partial charge in [-0.15, -0.1) is 0 Å². The van der Waals surface area contributed by atoms with E-state index in [4.69, 9.17) is 34.8 Å². The number of aromatic nitrogens is 2. The number of benzene rings is 2. The molecule has 0 atom stereocenters. The maximum absolute atomic E-state index is 12.1. The summed E-state index contributed by atoms with van der Waals surface area (Å²) in [4.78, 5) is 22.4. The summed E-state index contributed by atoms with van der Waals surface area (Å²) >= 11 is 18.1. The SMILES string of the molecule is O=C(/C=C/c1cccc([N+](=O)[O-])c1)Nc1nn(Cc2ccc(Cl)c(Cl)c2)cc1Cl. The summed E-state index contributed by atoms with van der Waals surface area (Å²) in [6.45, 7) is 0.385. The topological polar surface area (TPSA) is 90.1 Å². The molecule has 0 spiro atoms. The zero-order valence-electron chi connectivity index (χ0n) is 14.7. The lowest BCUT2D eigenvalue weighted by atomic mass is 10.2. The molecule has 0 bridgehead atoms. The van der Waals surface area contributed by atoms with Crippen LogP contribution < -0.4 is 5.32 Å². The van der Waals surface area contributed by atoms with Crippen molar-refractivity contribution in [1.82, 2.24) is 9.78 Å². The van der Waals surface area contributed by atoms with E-state index in [1.807, 2.05) is 6.07 Å². The molecule has 0 saturated heterocycles. The molecule has 29 heavy (non-hydrogen) atoms. The molecule has 10 heteroatoms. The highest BCUT2D eigenvalue weighted by Crippen LogP contribution is 2.24. The highest BCUT2D eigenvalue weighted by atomic mass is 35.5. The van der Waals surface area contributed by atoms with Crippen molar-refractivity contribution in [1.29, 1.82) is 0 Å². The van der Waals surface area contributed by atoms with Crippen LogP contribution in [0.25, 0.3) is 6.08 Å². The molecular formula is C19H13Cl3N4O3. The fourth-order valence-electron chi connectivity index (χ4n) is 2.46. The number of halogens is 3. The Balaban J connectivity index is 1.67. The predicted octanol–water partition coefficient (Wildman–Crippen LogP) is 5.45. The third-order valence-electron chi connectivity index (χ3n) is 3.80. The van der Waals surface area contributed by atoms with Gasteiger partial charge in [0.1, 0.15) is 5.02 Å². The van der Waals surface area contributed by atoms with Crippen molar-refractivity contribution in [3.05, 3.63) is 91.0 Å². The molecule has 7 nitrogen and oxygen atoms in total. The molecule has 148 valence electrons. The number of nitrogens with one attached hydrogen (secondary N) is 1. The minimum absolute atomic E-state index is 0.0587. The van der Waals surface area contributed by atoms with Crippen LogP contribution in [0.3, 0.4) is 0 Å². The number of rotatable bonds is 6. The molecule has 1 amide bonds. The average molecular weight is 452 g/mol. The number of non-ortho nitro benzene ring substituents is 1. The van der Waals surface area contributed by atoms with Crippen molar-refractivity contribution in [3.63, 3.8) is 0 Å². The Morgan fingerprint density at radius 3 is 2.66 bits per heavy atom. The zero-order chi connectivity index (χ0) is 21.0. The number of anilines is 1. The van der Waals surface area contributed by atoms with Gasteiger partial charge in [0.15, 0.2) is 5.82 Å². The van der Waals surface area contributed by atoms with Crippen LogP contribution in [0.1, 0.15) is 11.1 Å². The Morgan fingerprint density at radius 2 is 1.93 bits per heavy atom. The second-order valence-corrected chi connectivity index (χ2v) is 7.17. The Bertz CT molecular complexity index is 1110. The first-order valence-corrected chi connectivity index (χ1v) is 9.35. The van der Waals surface area contributed by atoms with Crippen molar-refractivity contribution >= 4 is 58.3 Å². The van der Waals surface area contributed by atoms with Gasteiger partial charge in [0.25, 0.3) is 5.69 Å². The fourth-order valence-corrected chi connectivity index (χ4v) is 2.98. The van der Waals surface area contributed by atoms with E-state index in [9.17, 15) is 14.9 Å². The number of carbonyl (C=O) groups is 1. The number of nitro groups is 1. The van der Waals surface area contributed by atoms with Crippen LogP contribution in [0.2, 0.25) is 15.1 Å². The highest BCUT2D eigenvalue weighted by molar-refractivity contribution is 6.42. The van der Waals surface area contributed by atoms with E-state index in [0.29, 0.717) is 22.2 Å². The second-order valence-electron chi connectivity index (χ2n) is 5.95. The predicted molar refractivity (Wildman–Crippen MR) is 114 cm³/mol. The first kappa shape index (κ1) is 20.9. The van der Waals surface area contributed by atoms with Crippen LogP contribution in [0.15, 0.2) is 54.7 Å². The normalized spacial score (nSPS) is 11.0. The van der Waals surface area contributed by atoms with Crippen LogP contribution in [-0.4, -0.2) is 20.6 Å². The van der Waals surface area contributed by atoms with Crippen LogP contribution >= 0.6 is 34.8 Å². The van der Waals surface area contributed by atoms with Crippen LogP contribution in [0, 0.1) is 10.1 Å². The summed E-state index contributed by atoms with van der Waals surface area (Å²) in [7, 11) is 0. The Hall–Kier alpha value is -2.87. The summed E-state index contributed by atoms with van der Waals surface area (Å²) in [5, 5.41) is 18.8. The highest BCUT2D eigenvalue weighted by Gasteiger charge is 2.10. The molecule has 2 aromatic carbocycles. The van der Waals surface area contributed by atoms with Crippen molar-refractivity contribution in [2.45, 2.75) is 6.54 Å². The van der Waals surface area contributed by atoms with E-state index in [0.717, 1.165) is 5.56 Å². The number of amides is 1. The fraction of sp³-hybridized carbons (Fsp3) is 0.0526. The lowest BCUT2D eigenvalue weighted by Gasteiger charge is -2.03. The van der Waals surface area contributed by atoms with Crippen molar-refractivity contribution < 1.29 is 9.72 Å². The van der Waals surface area contributed by atoms with Gasteiger partial charge < -0.3 is 5.32 Å². The monoisotopic (exact) mass is 450 g/mol. The molecule has 1 heterocycles. The van der Waals surface area contributed by atoms with E-state index in [2.05, 4.69) is 10.4 Å². The first-order valence-electron chi connectivity index (χ1n) is 8.22.